The Bertz CT molecular complexity index is 1260. The molecule has 0 spiro atoms. The van der Waals surface area contributed by atoms with Crippen LogP contribution in [-0.4, -0.2) is 69.7 Å². The number of piperazine rings is 1. The fourth-order valence-corrected chi connectivity index (χ4v) is 3.62. The zero-order valence-corrected chi connectivity index (χ0v) is 19.4. The highest BCUT2D eigenvalue weighted by Crippen LogP contribution is 2.15. The highest BCUT2D eigenvalue weighted by molar-refractivity contribution is 5.94. The minimum atomic E-state index is -0.233. The molecule has 2 amide bonds. The molecule has 1 aliphatic heterocycles. The van der Waals surface area contributed by atoms with Gasteiger partial charge in [0.15, 0.2) is 11.5 Å². The van der Waals surface area contributed by atoms with Gasteiger partial charge in [-0.05, 0) is 42.8 Å². The number of nitrogens with one attached hydrogen (secondary N) is 1. The molecule has 0 radical (unpaired) electrons. The predicted octanol–water partition coefficient (Wildman–Crippen LogP) is 2.08. The Morgan fingerprint density at radius 3 is 2.51 bits per heavy atom. The molecule has 9 heteroatoms. The van der Waals surface area contributed by atoms with Crippen LogP contribution in [0.15, 0.2) is 54.9 Å². The molecule has 0 atom stereocenters. The Morgan fingerprint density at radius 1 is 1.00 bits per heavy atom. The number of rotatable bonds is 5. The van der Waals surface area contributed by atoms with E-state index < -0.39 is 0 Å². The minimum absolute atomic E-state index is 0.104. The summed E-state index contributed by atoms with van der Waals surface area (Å²) in [4.78, 5) is 33.0. The number of hydrogen-bond acceptors (Lipinski definition) is 7. The Balaban J connectivity index is 1.35. The average molecular weight is 471 g/mol. The molecule has 0 aliphatic carbocycles. The number of aromatic hydroxyl groups is 1. The number of phenolic OH excluding ortho intramolecular Hbond substituents is 1. The van der Waals surface area contributed by atoms with Crippen molar-refractivity contribution in [2.45, 2.75) is 13.3 Å². The van der Waals surface area contributed by atoms with Gasteiger partial charge in [-0.2, -0.15) is 0 Å². The van der Waals surface area contributed by atoms with Crippen molar-refractivity contribution in [2.75, 3.05) is 37.6 Å². The van der Waals surface area contributed by atoms with Crippen molar-refractivity contribution in [1.29, 1.82) is 0 Å². The molecular formula is C26H26N6O3. The van der Waals surface area contributed by atoms with E-state index in [9.17, 15) is 14.7 Å². The number of anilines is 1. The number of nitrogens with zero attached hydrogens (tertiary/aromatic N) is 5. The molecule has 1 fully saturated rings. The topological polar surface area (TPSA) is 112 Å². The van der Waals surface area contributed by atoms with Crippen LogP contribution in [0.3, 0.4) is 0 Å². The van der Waals surface area contributed by atoms with Crippen LogP contribution in [-0.2, 0) is 0 Å². The summed E-state index contributed by atoms with van der Waals surface area (Å²) in [6, 6.07) is 11.9. The molecule has 3 heterocycles. The summed E-state index contributed by atoms with van der Waals surface area (Å²) in [7, 11) is 0. The normalized spacial score (nSPS) is 13.1. The lowest BCUT2D eigenvalue weighted by Gasteiger charge is -2.35. The molecular weight excluding hydrogens is 444 g/mol. The lowest BCUT2D eigenvalue weighted by atomic mass is 10.1. The summed E-state index contributed by atoms with van der Waals surface area (Å²) < 4.78 is 0. The largest absolute Gasteiger partial charge is 0.508 e. The Hall–Kier alpha value is -4.45. The smallest absolute Gasteiger partial charge is 0.271 e. The molecule has 9 nitrogen and oxygen atoms in total. The van der Waals surface area contributed by atoms with E-state index in [1.54, 1.807) is 59.8 Å². The molecule has 35 heavy (non-hydrogen) atoms. The van der Waals surface area contributed by atoms with Crippen molar-refractivity contribution in [1.82, 2.24) is 25.4 Å². The van der Waals surface area contributed by atoms with E-state index in [0.717, 1.165) is 6.42 Å². The van der Waals surface area contributed by atoms with Crippen molar-refractivity contribution < 1.29 is 14.7 Å². The molecule has 0 saturated carbocycles. The standard InChI is InChI=1S/C26H26N6O3/c1-2-10-28-25(34)23-8-9-24(30-29-23)31-11-13-32(14-12-31)26(35)21-15-20(17-27-18-21)7-6-19-4-3-5-22(33)16-19/h3-5,8-9,15-18,33H,2,10-14H2,1H3,(H,28,34). The molecule has 2 aromatic heterocycles. The number of aromatic nitrogens is 3. The molecule has 0 unspecified atom stereocenters. The van der Waals surface area contributed by atoms with Crippen LogP contribution < -0.4 is 10.2 Å². The van der Waals surface area contributed by atoms with Gasteiger partial charge in [-0.1, -0.05) is 24.8 Å². The molecule has 1 aliphatic rings. The second kappa shape index (κ2) is 11.1. The summed E-state index contributed by atoms with van der Waals surface area (Å²) >= 11 is 0. The summed E-state index contributed by atoms with van der Waals surface area (Å²) in [5.41, 5.74) is 2.06. The third-order valence-corrected chi connectivity index (χ3v) is 5.49. The number of carbonyl (C=O) groups is 2. The number of hydrogen-bond donors (Lipinski definition) is 2. The van der Waals surface area contributed by atoms with Gasteiger partial charge >= 0.3 is 0 Å². The fraction of sp³-hybridized carbons (Fsp3) is 0.269. The molecule has 1 aromatic carbocycles. The predicted molar refractivity (Wildman–Crippen MR) is 131 cm³/mol. The van der Waals surface area contributed by atoms with Gasteiger partial charge in [0.1, 0.15) is 5.75 Å². The third kappa shape index (κ3) is 6.12. The van der Waals surface area contributed by atoms with E-state index in [0.29, 0.717) is 55.2 Å². The Morgan fingerprint density at radius 2 is 1.80 bits per heavy atom. The summed E-state index contributed by atoms with van der Waals surface area (Å²) in [5, 5.41) is 20.6. The third-order valence-electron chi connectivity index (χ3n) is 5.49. The molecule has 3 aromatic rings. The quantitative estimate of drug-likeness (QED) is 0.549. The van der Waals surface area contributed by atoms with Crippen LogP contribution in [0.2, 0.25) is 0 Å². The van der Waals surface area contributed by atoms with Crippen molar-refractivity contribution >= 4 is 17.6 Å². The van der Waals surface area contributed by atoms with Gasteiger partial charge in [-0.25, -0.2) is 0 Å². The van der Waals surface area contributed by atoms with E-state index in [4.69, 9.17) is 0 Å². The Labute approximate surface area is 203 Å². The van der Waals surface area contributed by atoms with Crippen LogP contribution in [0.4, 0.5) is 5.82 Å². The first-order valence-corrected chi connectivity index (χ1v) is 11.5. The van der Waals surface area contributed by atoms with Crippen LogP contribution in [0.25, 0.3) is 0 Å². The van der Waals surface area contributed by atoms with Crippen molar-refractivity contribution in [2.24, 2.45) is 0 Å². The molecule has 4 rings (SSSR count). The van der Waals surface area contributed by atoms with E-state index in [1.807, 2.05) is 11.8 Å². The van der Waals surface area contributed by atoms with Crippen LogP contribution in [0.1, 0.15) is 45.3 Å². The van der Waals surface area contributed by atoms with Crippen LogP contribution in [0.5, 0.6) is 5.75 Å². The van der Waals surface area contributed by atoms with Crippen LogP contribution >= 0.6 is 0 Å². The van der Waals surface area contributed by atoms with E-state index in [-0.39, 0.29) is 23.3 Å². The Kier molecular flexibility index (Phi) is 7.53. The molecule has 178 valence electrons. The second-order valence-electron chi connectivity index (χ2n) is 8.07. The maximum Gasteiger partial charge on any atom is 0.271 e. The highest BCUT2D eigenvalue weighted by atomic mass is 16.3. The first-order valence-electron chi connectivity index (χ1n) is 11.5. The van der Waals surface area contributed by atoms with E-state index in [2.05, 4.69) is 32.3 Å². The second-order valence-corrected chi connectivity index (χ2v) is 8.07. The SMILES string of the molecule is CCCNC(=O)c1ccc(N2CCN(C(=O)c3cncc(C#Cc4cccc(O)c4)c3)CC2)nn1. The number of amides is 2. The minimum Gasteiger partial charge on any atom is -0.508 e. The molecule has 1 saturated heterocycles. The number of phenols is 1. The summed E-state index contributed by atoms with van der Waals surface area (Å²) in [6.07, 6.45) is 4.00. The monoisotopic (exact) mass is 470 g/mol. The molecule has 2 N–H and O–H groups in total. The average Bonchev–Trinajstić information content (AvgIpc) is 2.90. The van der Waals surface area contributed by atoms with Gasteiger partial charge in [-0.15, -0.1) is 10.2 Å². The molecule has 0 bridgehead atoms. The van der Waals surface area contributed by atoms with E-state index >= 15 is 0 Å². The summed E-state index contributed by atoms with van der Waals surface area (Å²) in [6.45, 7) is 4.84. The number of carbonyl (C=O) groups excluding carboxylic acids is 2. The number of benzene rings is 1. The maximum atomic E-state index is 13.0. The lowest BCUT2D eigenvalue weighted by Crippen LogP contribution is -2.49. The van der Waals surface area contributed by atoms with Gasteiger partial charge in [-0.3, -0.25) is 14.6 Å². The van der Waals surface area contributed by atoms with Gasteiger partial charge in [0.05, 0.1) is 5.56 Å². The number of pyridine rings is 1. The fourth-order valence-electron chi connectivity index (χ4n) is 3.62. The maximum absolute atomic E-state index is 13.0. The summed E-state index contributed by atoms with van der Waals surface area (Å²) in [5.74, 6) is 6.45. The van der Waals surface area contributed by atoms with Crippen LogP contribution in [0, 0.1) is 11.8 Å². The highest BCUT2D eigenvalue weighted by Gasteiger charge is 2.23. The zero-order valence-electron chi connectivity index (χ0n) is 19.4. The lowest BCUT2D eigenvalue weighted by molar-refractivity contribution is 0.0745. The van der Waals surface area contributed by atoms with Gasteiger partial charge in [0.2, 0.25) is 0 Å². The van der Waals surface area contributed by atoms with E-state index in [1.165, 1.54) is 0 Å². The first kappa shape index (κ1) is 23.7. The van der Waals surface area contributed by atoms with Crippen molar-refractivity contribution in [3.8, 4) is 17.6 Å². The van der Waals surface area contributed by atoms with Gasteiger partial charge in [0, 0.05) is 56.2 Å². The van der Waals surface area contributed by atoms with Crippen molar-refractivity contribution in [3.05, 3.63) is 77.2 Å². The zero-order chi connectivity index (χ0) is 24.6. The van der Waals surface area contributed by atoms with Gasteiger partial charge < -0.3 is 20.2 Å². The van der Waals surface area contributed by atoms with Gasteiger partial charge in [0.25, 0.3) is 11.8 Å². The van der Waals surface area contributed by atoms with Crippen molar-refractivity contribution in [3.63, 3.8) is 0 Å². The first-order chi connectivity index (χ1) is 17.0.